The average molecular weight is 259 g/mol. The Balaban J connectivity index is 2.47. The first kappa shape index (κ1) is 14.3. The minimum atomic E-state index is -0.386. The third kappa shape index (κ3) is 4.95. The van der Waals surface area contributed by atoms with Crippen molar-refractivity contribution in [2.45, 2.75) is 39.5 Å². The van der Waals surface area contributed by atoms with Gasteiger partial charge in [0.05, 0.1) is 6.61 Å². The lowest BCUT2D eigenvalue weighted by molar-refractivity contribution is 0.225. The Labute approximate surface area is 108 Å². The van der Waals surface area contributed by atoms with E-state index in [1.807, 2.05) is 0 Å². The van der Waals surface area contributed by atoms with Crippen molar-refractivity contribution in [3.63, 3.8) is 0 Å². The molecule has 1 atom stereocenters. The van der Waals surface area contributed by atoms with Crippen molar-refractivity contribution in [2.75, 3.05) is 6.61 Å². The standard InChI is InChI=1S/C14H20ClFO/c1-3-5-6-11(4-2)10-17-14-8-7-12(15)9-13(14)16/h7-9,11H,3-6,10H2,1-2H3. The average Bonchev–Trinajstić information content (AvgIpc) is 2.31. The fraction of sp³-hybridized carbons (Fsp3) is 0.571. The second-order valence-electron chi connectivity index (χ2n) is 4.30. The molecule has 0 N–H and O–H groups in total. The van der Waals surface area contributed by atoms with Crippen LogP contribution in [0, 0.1) is 11.7 Å². The minimum absolute atomic E-state index is 0.296. The molecular formula is C14H20ClFO. The van der Waals surface area contributed by atoms with E-state index in [1.54, 1.807) is 12.1 Å². The Morgan fingerprint density at radius 2 is 2.12 bits per heavy atom. The highest BCUT2D eigenvalue weighted by Gasteiger charge is 2.09. The maximum Gasteiger partial charge on any atom is 0.166 e. The fourth-order valence-electron chi connectivity index (χ4n) is 1.70. The SMILES string of the molecule is CCCCC(CC)COc1ccc(Cl)cc1F. The summed E-state index contributed by atoms with van der Waals surface area (Å²) in [5, 5.41) is 0.396. The lowest BCUT2D eigenvalue weighted by Crippen LogP contribution is -2.11. The molecule has 3 heteroatoms. The molecule has 1 nitrogen and oxygen atoms in total. The molecule has 0 heterocycles. The van der Waals surface area contributed by atoms with Gasteiger partial charge in [-0.3, -0.25) is 0 Å². The highest BCUT2D eigenvalue weighted by Crippen LogP contribution is 2.22. The largest absolute Gasteiger partial charge is 0.490 e. The van der Waals surface area contributed by atoms with Crippen molar-refractivity contribution in [3.05, 3.63) is 29.0 Å². The van der Waals surface area contributed by atoms with Gasteiger partial charge in [0.15, 0.2) is 11.6 Å². The van der Waals surface area contributed by atoms with Crippen LogP contribution in [-0.2, 0) is 0 Å². The van der Waals surface area contributed by atoms with Crippen molar-refractivity contribution >= 4 is 11.6 Å². The lowest BCUT2D eigenvalue weighted by atomic mass is 10.0. The summed E-state index contributed by atoms with van der Waals surface area (Å²) in [5.74, 6) is 0.414. The molecule has 0 fully saturated rings. The molecule has 0 bridgehead atoms. The van der Waals surface area contributed by atoms with Crippen LogP contribution >= 0.6 is 11.6 Å². The number of benzene rings is 1. The van der Waals surface area contributed by atoms with Gasteiger partial charge in [0.1, 0.15) is 0 Å². The summed E-state index contributed by atoms with van der Waals surface area (Å²) in [7, 11) is 0. The normalized spacial score (nSPS) is 12.5. The van der Waals surface area contributed by atoms with Crippen molar-refractivity contribution < 1.29 is 9.13 Å². The quantitative estimate of drug-likeness (QED) is 0.663. The zero-order valence-corrected chi connectivity index (χ0v) is 11.3. The van der Waals surface area contributed by atoms with Crippen molar-refractivity contribution in [1.29, 1.82) is 0 Å². The van der Waals surface area contributed by atoms with E-state index in [0.717, 1.165) is 12.8 Å². The van der Waals surface area contributed by atoms with Gasteiger partial charge in [-0.1, -0.05) is 44.7 Å². The molecule has 0 aliphatic carbocycles. The topological polar surface area (TPSA) is 9.23 Å². The van der Waals surface area contributed by atoms with Crippen molar-refractivity contribution in [1.82, 2.24) is 0 Å². The maximum atomic E-state index is 13.4. The molecule has 0 aliphatic heterocycles. The third-order valence-electron chi connectivity index (χ3n) is 2.91. The van der Waals surface area contributed by atoms with Crippen LogP contribution < -0.4 is 4.74 Å². The van der Waals surface area contributed by atoms with E-state index in [1.165, 1.54) is 18.9 Å². The number of hydrogen-bond donors (Lipinski definition) is 0. The van der Waals surface area contributed by atoms with E-state index in [0.29, 0.717) is 23.3 Å². The summed E-state index contributed by atoms with van der Waals surface area (Å²) in [5.41, 5.74) is 0. The van der Waals surface area contributed by atoms with Crippen LogP contribution in [0.2, 0.25) is 5.02 Å². The molecule has 1 rings (SSSR count). The number of ether oxygens (including phenoxy) is 1. The first-order valence-electron chi connectivity index (χ1n) is 6.25. The summed E-state index contributed by atoms with van der Waals surface area (Å²) in [4.78, 5) is 0. The highest BCUT2D eigenvalue weighted by atomic mass is 35.5. The number of unbranched alkanes of at least 4 members (excludes halogenated alkanes) is 1. The zero-order chi connectivity index (χ0) is 12.7. The van der Waals surface area contributed by atoms with Gasteiger partial charge < -0.3 is 4.74 Å². The summed E-state index contributed by atoms with van der Waals surface area (Å²) in [6.07, 6.45) is 4.59. The Bertz CT molecular complexity index is 341. The molecule has 96 valence electrons. The van der Waals surface area contributed by atoms with Gasteiger partial charge in [-0.25, -0.2) is 4.39 Å². The number of rotatable bonds is 7. The Morgan fingerprint density at radius 1 is 1.35 bits per heavy atom. The van der Waals surface area contributed by atoms with Crippen LogP contribution in [0.25, 0.3) is 0 Å². The predicted octanol–water partition coefficient (Wildman–Crippen LogP) is 5.07. The second kappa shape index (κ2) is 7.54. The highest BCUT2D eigenvalue weighted by molar-refractivity contribution is 6.30. The van der Waals surface area contributed by atoms with Crippen molar-refractivity contribution in [3.8, 4) is 5.75 Å². The van der Waals surface area contributed by atoms with Gasteiger partial charge in [-0.05, 0) is 30.5 Å². The smallest absolute Gasteiger partial charge is 0.166 e. The number of halogens is 2. The van der Waals surface area contributed by atoms with Gasteiger partial charge in [-0.2, -0.15) is 0 Å². The van der Waals surface area contributed by atoms with E-state index >= 15 is 0 Å². The molecule has 0 aliphatic rings. The van der Waals surface area contributed by atoms with Gasteiger partial charge in [0.2, 0.25) is 0 Å². The second-order valence-corrected chi connectivity index (χ2v) is 4.74. The maximum absolute atomic E-state index is 13.4. The molecule has 0 amide bonds. The van der Waals surface area contributed by atoms with E-state index < -0.39 is 0 Å². The molecule has 1 aromatic rings. The van der Waals surface area contributed by atoms with Crippen LogP contribution in [0.3, 0.4) is 0 Å². The van der Waals surface area contributed by atoms with Gasteiger partial charge in [-0.15, -0.1) is 0 Å². The fourth-order valence-corrected chi connectivity index (χ4v) is 1.86. The molecular weight excluding hydrogens is 239 g/mol. The molecule has 1 aromatic carbocycles. The first-order chi connectivity index (χ1) is 8.17. The van der Waals surface area contributed by atoms with Gasteiger partial charge in [0, 0.05) is 5.02 Å². The Morgan fingerprint density at radius 3 is 2.71 bits per heavy atom. The monoisotopic (exact) mass is 258 g/mol. The van der Waals surface area contributed by atoms with Crippen LogP contribution in [0.4, 0.5) is 4.39 Å². The van der Waals surface area contributed by atoms with E-state index in [4.69, 9.17) is 16.3 Å². The molecule has 1 unspecified atom stereocenters. The summed E-state index contributed by atoms with van der Waals surface area (Å²) < 4.78 is 19.0. The molecule has 0 spiro atoms. The molecule has 0 saturated heterocycles. The minimum Gasteiger partial charge on any atom is -0.490 e. The van der Waals surface area contributed by atoms with Gasteiger partial charge in [0.25, 0.3) is 0 Å². The Hall–Kier alpha value is -0.760. The zero-order valence-electron chi connectivity index (χ0n) is 10.5. The van der Waals surface area contributed by atoms with E-state index in [-0.39, 0.29) is 5.82 Å². The van der Waals surface area contributed by atoms with E-state index in [2.05, 4.69) is 13.8 Å². The third-order valence-corrected chi connectivity index (χ3v) is 3.15. The predicted molar refractivity (Wildman–Crippen MR) is 70.2 cm³/mol. The molecule has 0 aromatic heterocycles. The molecule has 17 heavy (non-hydrogen) atoms. The van der Waals surface area contributed by atoms with Gasteiger partial charge >= 0.3 is 0 Å². The summed E-state index contributed by atoms with van der Waals surface area (Å²) in [6, 6.07) is 4.51. The van der Waals surface area contributed by atoms with E-state index in [9.17, 15) is 4.39 Å². The molecule has 0 radical (unpaired) electrons. The van der Waals surface area contributed by atoms with Crippen LogP contribution in [0.5, 0.6) is 5.75 Å². The van der Waals surface area contributed by atoms with Crippen LogP contribution in [0.1, 0.15) is 39.5 Å². The number of hydrogen-bond acceptors (Lipinski definition) is 1. The first-order valence-corrected chi connectivity index (χ1v) is 6.63. The Kier molecular flexibility index (Phi) is 6.35. The lowest BCUT2D eigenvalue weighted by Gasteiger charge is -2.15. The van der Waals surface area contributed by atoms with Crippen LogP contribution in [0.15, 0.2) is 18.2 Å². The van der Waals surface area contributed by atoms with Crippen molar-refractivity contribution in [2.24, 2.45) is 5.92 Å². The molecule has 0 saturated carbocycles. The van der Waals surface area contributed by atoms with Crippen LogP contribution in [-0.4, -0.2) is 6.61 Å². The summed E-state index contributed by atoms with van der Waals surface area (Å²) in [6.45, 7) is 4.89. The summed E-state index contributed by atoms with van der Waals surface area (Å²) >= 11 is 5.68.